The number of carbonyl (C=O) groups excluding carboxylic acids is 1. The van der Waals surface area contributed by atoms with Crippen LogP contribution in [0.1, 0.15) is 21.9 Å². The second kappa shape index (κ2) is 4.21. The summed E-state index contributed by atoms with van der Waals surface area (Å²) in [7, 11) is 0. The minimum absolute atomic E-state index is 0.245. The molecule has 5 heteroatoms. The number of nitrogens with one attached hydrogen (secondary N) is 1. The molecule has 80 valence electrons. The summed E-state index contributed by atoms with van der Waals surface area (Å²) in [6.07, 6.45) is 0. The zero-order valence-electron chi connectivity index (χ0n) is 8.48. The molecule has 2 rings (SSSR count). The molecule has 0 saturated heterocycles. The fourth-order valence-corrected chi connectivity index (χ4v) is 1.95. The number of carbonyl (C=O) groups is 1. The third-order valence-corrected chi connectivity index (χ3v) is 2.81. The summed E-state index contributed by atoms with van der Waals surface area (Å²) in [5, 5.41) is 13.7. The highest BCUT2D eigenvalue weighted by molar-refractivity contribution is 7.14. The van der Waals surface area contributed by atoms with Gasteiger partial charge < -0.3 is 9.73 Å². The molecule has 2 heterocycles. The van der Waals surface area contributed by atoms with Gasteiger partial charge in [0.25, 0.3) is 5.91 Å². The summed E-state index contributed by atoms with van der Waals surface area (Å²) in [4.78, 5) is 11.7. The molecule has 0 aliphatic carbocycles. The van der Waals surface area contributed by atoms with Crippen LogP contribution in [0.15, 0.2) is 28.0 Å². The van der Waals surface area contributed by atoms with Gasteiger partial charge in [-0.25, -0.2) is 0 Å². The van der Waals surface area contributed by atoms with E-state index in [0.717, 1.165) is 0 Å². The van der Waals surface area contributed by atoms with Crippen LogP contribution in [-0.2, 0) is 0 Å². The van der Waals surface area contributed by atoms with Gasteiger partial charge in [-0.3, -0.25) is 4.79 Å². The van der Waals surface area contributed by atoms with Crippen LogP contribution >= 0.6 is 11.3 Å². The molecule has 0 atom stereocenters. The summed E-state index contributed by atoms with van der Waals surface area (Å²) in [5.74, 6) is 0.582. The lowest BCUT2D eigenvalue weighted by Crippen LogP contribution is -2.10. The number of aryl methyl sites for hydroxylation is 1. The lowest BCUT2D eigenvalue weighted by molar-refractivity contribution is 0.0996. The fraction of sp³-hybridized carbons (Fsp3) is 0.0909. The van der Waals surface area contributed by atoms with E-state index in [4.69, 9.17) is 9.68 Å². The van der Waals surface area contributed by atoms with Crippen LogP contribution in [0.3, 0.4) is 0 Å². The number of rotatable bonds is 2. The maximum Gasteiger partial charge on any atom is 0.292 e. The van der Waals surface area contributed by atoms with Crippen molar-refractivity contribution in [1.82, 2.24) is 0 Å². The van der Waals surface area contributed by atoms with Crippen molar-refractivity contribution < 1.29 is 9.21 Å². The molecule has 0 spiro atoms. The Balaban J connectivity index is 2.17. The third kappa shape index (κ3) is 1.97. The Bertz CT molecular complexity index is 563. The smallest absolute Gasteiger partial charge is 0.292 e. The predicted molar refractivity (Wildman–Crippen MR) is 60.4 cm³/mol. The fourth-order valence-electron chi connectivity index (χ4n) is 1.22. The Kier molecular flexibility index (Phi) is 2.75. The number of hydrogen-bond acceptors (Lipinski definition) is 4. The van der Waals surface area contributed by atoms with E-state index < -0.39 is 0 Å². The first-order chi connectivity index (χ1) is 7.70. The number of nitriles is 1. The lowest BCUT2D eigenvalue weighted by atomic mass is 10.3. The molecule has 1 amide bonds. The second-order valence-corrected chi connectivity index (χ2v) is 4.06. The van der Waals surface area contributed by atoms with Gasteiger partial charge in [-0.05, 0) is 30.5 Å². The normalized spacial score (nSPS) is 9.75. The quantitative estimate of drug-likeness (QED) is 0.865. The number of amides is 1. The molecule has 0 fully saturated rings. The molecule has 2 aromatic heterocycles. The Hall–Kier alpha value is -2.06. The Morgan fingerprint density at radius 1 is 1.50 bits per heavy atom. The minimum Gasteiger partial charge on any atom is -0.456 e. The maximum atomic E-state index is 11.7. The molecule has 0 unspecified atom stereocenters. The molecule has 16 heavy (non-hydrogen) atoms. The standard InChI is InChI=1S/C11H8N2O2S/c1-7-2-3-9(15-7)10(14)13-11-8(6-12)4-5-16-11/h2-5H,1H3,(H,13,14). The second-order valence-electron chi connectivity index (χ2n) is 3.14. The van der Waals surface area contributed by atoms with Crippen molar-refractivity contribution >= 4 is 22.2 Å². The van der Waals surface area contributed by atoms with Crippen LogP contribution in [0.25, 0.3) is 0 Å². The van der Waals surface area contributed by atoms with Crippen LogP contribution in [0.2, 0.25) is 0 Å². The van der Waals surface area contributed by atoms with E-state index in [1.165, 1.54) is 11.3 Å². The first kappa shape index (κ1) is 10.5. The van der Waals surface area contributed by atoms with E-state index in [1.54, 1.807) is 30.5 Å². The van der Waals surface area contributed by atoms with Crippen molar-refractivity contribution in [3.63, 3.8) is 0 Å². The molecule has 0 aromatic carbocycles. The van der Waals surface area contributed by atoms with Crippen molar-refractivity contribution in [3.8, 4) is 6.07 Å². The topological polar surface area (TPSA) is 66.0 Å². The zero-order chi connectivity index (χ0) is 11.5. The SMILES string of the molecule is Cc1ccc(C(=O)Nc2sccc2C#N)o1. The van der Waals surface area contributed by atoms with Crippen LogP contribution in [0.5, 0.6) is 0 Å². The Morgan fingerprint density at radius 2 is 2.31 bits per heavy atom. The molecule has 0 saturated carbocycles. The number of nitrogens with zero attached hydrogens (tertiary/aromatic N) is 1. The van der Waals surface area contributed by atoms with Gasteiger partial charge in [0.15, 0.2) is 5.76 Å². The van der Waals surface area contributed by atoms with E-state index in [-0.39, 0.29) is 11.7 Å². The van der Waals surface area contributed by atoms with Crippen LogP contribution < -0.4 is 5.32 Å². The van der Waals surface area contributed by atoms with Gasteiger partial charge in [-0.15, -0.1) is 11.3 Å². The highest BCUT2D eigenvalue weighted by Gasteiger charge is 2.12. The lowest BCUT2D eigenvalue weighted by Gasteiger charge is -1.99. The summed E-state index contributed by atoms with van der Waals surface area (Å²) < 4.78 is 5.18. The summed E-state index contributed by atoms with van der Waals surface area (Å²) >= 11 is 1.31. The molecular formula is C11H8N2O2S. The maximum absolute atomic E-state index is 11.7. The van der Waals surface area contributed by atoms with Crippen molar-refractivity contribution in [2.45, 2.75) is 6.92 Å². The van der Waals surface area contributed by atoms with Crippen LogP contribution in [0.4, 0.5) is 5.00 Å². The van der Waals surface area contributed by atoms with Gasteiger partial charge in [0, 0.05) is 0 Å². The summed E-state index contributed by atoms with van der Waals surface area (Å²) in [5.41, 5.74) is 0.460. The number of anilines is 1. The molecular weight excluding hydrogens is 224 g/mol. The van der Waals surface area contributed by atoms with Gasteiger partial charge in [0.2, 0.25) is 0 Å². The van der Waals surface area contributed by atoms with Crippen molar-refractivity contribution in [3.05, 3.63) is 40.7 Å². The number of hydrogen-bond donors (Lipinski definition) is 1. The molecule has 2 aromatic rings. The average Bonchev–Trinajstić information content (AvgIpc) is 2.86. The van der Waals surface area contributed by atoms with Gasteiger partial charge in [0.05, 0.1) is 5.56 Å². The summed E-state index contributed by atoms with van der Waals surface area (Å²) in [6, 6.07) is 6.98. The molecule has 0 bridgehead atoms. The highest BCUT2D eigenvalue weighted by Crippen LogP contribution is 2.23. The molecule has 0 aliphatic rings. The van der Waals surface area contributed by atoms with Crippen LogP contribution in [0, 0.1) is 18.3 Å². The van der Waals surface area contributed by atoms with Gasteiger partial charge in [0.1, 0.15) is 16.8 Å². The van der Waals surface area contributed by atoms with E-state index in [2.05, 4.69) is 5.32 Å². The van der Waals surface area contributed by atoms with Gasteiger partial charge in [-0.1, -0.05) is 0 Å². The molecule has 0 aliphatic heterocycles. The van der Waals surface area contributed by atoms with E-state index in [9.17, 15) is 4.79 Å². The van der Waals surface area contributed by atoms with Gasteiger partial charge >= 0.3 is 0 Å². The number of furan rings is 1. The van der Waals surface area contributed by atoms with E-state index >= 15 is 0 Å². The zero-order valence-corrected chi connectivity index (χ0v) is 9.30. The number of thiophene rings is 1. The van der Waals surface area contributed by atoms with E-state index in [0.29, 0.717) is 16.3 Å². The third-order valence-electron chi connectivity index (χ3n) is 1.98. The highest BCUT2D eigenvalue weighted by atomic mass is 32.1. The first-order valence-electron chi connectivity index (χ1n) is 4.56. The molecule has 0 radical (unpaired) electrons. The van der Waals surface area contributed by atoms with Crippen LogP contribution in [-0.4, -0.2) is 5.91 Å². The average molecular weight is 232 g/mol. The van der Waals surface area contributed by atoms with Gasteiger partial charge in [-0.2, -0.15) is 5.26 Å². The largest absolute Gasteiger partial charge is 0.456 e. The summed E-state index contributed by atoms with van der Waals surface area (Å²) in [6.45, 7) is 1.77. The minimum atomic E-state index is -0.341. The molecule has 4 nitrogen and oxygen atoms in total. The van der Waals surface area contributed by atoms with Crippen molar-refractivity contribution in [1.29, 1.82) is 5.26 Å². The predicted octanol–water partition coefficient (Wildman–Crippen LogP) is 2.77. The molecule has 1 N–H and O–H groups in total. The van der Waals surface area contributed by atoms with Crippen molar-refractivity contribution in [2.24, 2.45) is 0 Å². The Labute approximate surface area is 96.1 Å². The first-order valence-corrected chi connectivity index (χ1v) is 5.44. The monoisotopic (exact) mass is 232 g/mol. The Morgan fingerprint density at radius 3 is 2.94 bits per heavy atom. The van der Waals surface area contributed by atoms with E-state index in [1.807, 2.05) is 6.07 Å². The van der Waals surface area contributed by atoms with Crippen molar-refractivity contribution in [2.75, 3.05) is 5.32 Å².